The van der Waals surface area contributed by atoms with Gasteiger partial charge in [-0.1, -0.05) is 50.7 Å². The topological polar surface area (TPSA) is 41.1 Å². The molecule has 3 rings (SSSR count). The van der Waals surface area contributed by atoms with E-state index in [0.29, 0.717) is 12.5 Å². The van der Waals surface area contributed by atoms with Crippen LogP contribution in [0.2, 0.25) is 0 Å². The Morgan fingerprint density at radius 1 is 1.24 bits per heavy atom. The second-order valence-corrected chi connectivity index (χ2v) is 6.58. The molecule has 3 heteroatoms. The molecule has 1 aliphatic carbocycles. The van der Waals surface area contributed by atoms with Gasteiger partial charge in [0.25, 0.3) is 0 Å². The minimum Gasteiger partial charge on any atom is -0.326 e. The molecule has 1 aromatic rings. The highest BCUT2D eigenvalue weighted by atomic mass is 16.1. The molecule has 1 heterocycles. The summed E-state index contributed by atoms with van der Waals surface area (Å²) < 4.78 is 0. The summed E-state index contributed by atoms with van der Waals surface area (Å²) in [7, 11) is 2.05. The highest BCUT2D eigenvalue weighted by Crippen LogP contribution is 2.33. The maximum absolute atomic E-state index is 11.5. The lowest BCUT2D eigenvalue weighted by Gasteiger charge is -2.23. The van der Waals surface area contributed by atoms with Crippen LogP contribution in [0.15, 0.2) is 18.2 Å². The Hall–Kier alpha value is -1.35. The summed E-state index contributed by atoms with van der Waals surface area (Å²) in [4.78, 5) is 11.5. The summed E-state index contributed by atoms with van der Waals surface area (Å²) in [6.45, 7) is 0. The molecule has 0 aromatic heterocycles. The van der Waals surface area contributed by atoms with Crippen molar-refractivity contribution in [3.63, 3.8) is 0 Å². The number of carbonyl (C=O) groups excluding carboxylic acids is 1. The van der Waals surface area contributed by atoms with Crippen LogP contribution in [0.4, 0.5) is 5.69 Å². The first kappa shape index (κ1) is 14.6. The van der Waals surface area contributed by atoms with Crippen molar-refractivity contribution in [1.82, 2.24) is 5.32 Å². The Morgan fingerprint density at radius 3 is 2.71 bits per heavy atom. The lowest BCUT2D eigenvalue weighted by Crippen LogP contribution is -2.20. The van der Waals surface area contributed by atoms with Crippen LogP contribution >= 0.6 is 0 Å². The molecule has 0 spiro atoms. The Kier molecular flexibility index (Phi) is 4.59. The summed E-state index contributed by atoms with van der Waals surface area (Å²) in [6.07, 6.45) is 10.1. The number of carbonyl (C=O) groups is 1. The predicted octanol–water partition coefficient (Wildman–Crippen LogP) is 3.80. The number of hydrogen-bond donors (Lipinski definition) is 2. The lowest BCUT2D eigenvalue weighted by molar-refractivity contribution is -0.115. The van der Waals surface area contributed by atoms with Gasteiger partial charge < -0.3 is 10.6 Å². The Bertz CT molecular complexity index is 504. The molecule has 114 valence electrons. The van der Waals surface area contributed by atoms with Gasteiger partial charge in [-0.2, -0.15) is 0 Å². The van der Waals surface area contributed by atoms with E-state index in [0.717, 1.165) is 17.2 Å². The Balaban J connectivity index is 1.71. The fourth-order valence-corrected chi connectivity index (χ4v) is 3.82. The smallest absolute Gasteiger partial charge is 0.228 e. The van der Waals surface area contributed by atoms with E-state index in [4.69, 9.17) is 0 Å². The number of fused-ring (bicyclic) bond motifs is 1. The summed E-state index contributed by atoms with van der Waals surface area (Å²) in [5.74, 6) is 0.963. The minimum atomic E-state index is 0.118. The van der Waals surface area contributed by atoms with Crippen LogP contribution in [0, 0.1) is 5.92 Å². The predicted molar refractivity (Wildman–Crippen MR) is 86.4 cm³/mol. The molecule has 1 fully saturated rings. The van der Waals surface area contributed by atoms with E-state index in [-0.39, 0.29) is 5.91 Å². The normalized spacial score (nSPS) is 20.7. The first-order valence-corrected chi connectivity index (χ1v) is 8.36. The Labute approximate surface area is 127 Å². The number of rotatable bonds is 4. The van der Waals surface area contributed by atoms with Gasteiger partial charge in [0.2, 0.25) is 5.91 Å². The van der Waals surface area contributed by atoms with Crippen LogP contribution in [0.3, 0.4) is 0 Å². The summed E-state index contributed by atoms with van der Waals surface area (Å²) in [6, 6.07) is 6.86. The van der Waals surface area contributed by atoms with Gasteiger partial charge in [-0.05, 0) is 36.6 Å². The lowest BCUT2D eigenvalue weighted by atomic mass is 9.89. The van der Waals surface area contributed by atoms with Crippen molar-refractivity contribution in [2.75, 3.05) is 12.4 Å². The molecule has 0 saturated heterocycles. The van der Waals surface area contributed by atoms with Gasteiger partial charge in [0.1, 0.15) is 0 Å². The molecule has 2 N–H and O–H groups in total. The van der Waals surface area contributed by atoms with Crippen LogP contribution in [0.1, 0.15) is 62.1 Å². The van der Waals surface area contributed by atoms with Gasteiger partial charge in [0.15, 0.2) is 0 Å². The fraction of sp³-hybridized carbons (Fsp3) is 0.611. The van der Waals surface area contributed by atoms with Gasteiger partial charge in [-0.25, -0.2) is 0 Å². The first-order valence-electron chi connectivity index (χ1n) is 8.36. The van der Waals surface area contributed by atoms with E-state index < -0.39 is 0 Å². The van der Waals surface area contributed by atoms with Crippen molar-refractivity contribution in [2.24, 2.45) is 5.92 Å². The van der Waals surface area contributed by atoms with Crippen LogP contribution in [-0.2, 0) is 11.2 Å². The zero-order valence-electron chi connectivity index (χ0n) is 13.0. The van der Waals surface area contributed by atoms with E-state index in [1.165, 1.54) is 50.5 Å². The molecule has 1 unspecified atom stereocenters. The maximum Gasteiger partial charge on any atom is 0.228 e. The Morgan fingerprint density at radius 2 is 2.00 bits per heavy atom. The average molecular weight is 286 g/mol. The second-order valence-electron chi connectivity index (χ2n) is 6.58. The molecule has 2 aliphatic rings. The highest BCUT2D eigenvalue weighted by molar-refractivity contribution is 5.99. The van der Waals surface area contributed by atoms with Crippen molar-refractivity contribution in [3.8, 4) is 0 Å². The molecule has 3 nitrogen and oxygen atoms in total. The molecule has 1 atom stereocenters. The van der Waals surface area contributed by atoms with Gasteiger partial charge in [-0.3, -0.25) is 4.79 Å². The molecule has 1 saturated carbocycles. The first-order chi connectivity index (χ1) is 10.3. The molecule has 1 amide bonds. The van der Waals surface area contributed by atoms with Gasteiger partial charge in [-0.15, -0.1) is 0 Å². The highest BCUT2D eigenvalue weighted by Gasteiger charge is 2.22. The summed E-state index contributed by atoms with van der Waals surface area (Å²) in [5, 5.41) is 6.39. The van der Waals surface area contributed by atoms with Crippen LogP contribution < -0.4 is 10.6 Å². The summed E-state index contributed by atoms with van der Waals surface area (Å²) in [5.41, 5.74) is 3.48. The zero-order valence-corrected chi connectivity index (χ0v) is 13.0. The molecule has 21 heavy (non-hydrogen) atoms. The van der Waals surface area contributed by atoms with Crippen molar-refractivity contribution in [1.29, 1.82) is 0 Å². The zero-order chi connectivity index (χ0) is 14.7. The second kappa shape index (κ2) is 6.61. The van der Waals surface area contributed by atoms with Gasteiger partial charge >= 0.3 is 0 Å². The van der Waals surface area contributed by atoms with E-state index >= 15 is 0 Å². The molecule has 0 radical (unpaired) electrons. The third-order valence-corrected chi connectivity index (χ3v) is 5.05. The standard InChI is InChI=1S/C18H26N2O/c1-19-17(10-13-6-4-2-3-5-7-13)14-8-9-16-15(11-14)12-18(21)20-16/h8-9,11,13,17,19H,2-7,10,12H2,1H3,(H,20,21). The summed E-state index contributed by atoms with van der Waals surface area (Å²) >= 11 is 0. The molecule has 1 aliphatic heterocycles. The van der Waals surface area contributed by atoms with Crippen molar-refractivity contribution in [3.05, 3.63) is 29.3 Å². The van der Waals surface area contributed by atoms with Crippen LogP contribution in [0.25, 0.3) is 0 Å². The van der Waals surface area contributed by atoms with Crippen molar-refractivity contribution < 1.29 is 4.79 Å². The molecule has 1 aromatic carbocycles. The van der Waals surface area contributed by atoms with E-state index in [1.807, 2.05) is 0 Å². The largest absolute Gasteiger partial charge is 0.326 e. The number of amides is 1. The van der Waals surface area contributed by atoms with Crippen molar-refractivity contribution in [2.45, 2.75) is 57.4 Å². The number of anilines is 1. The monoisotopic (exact) mass is 286 g/mol. The van der Waals surface area contributed by atoms with Crippen molar-refractivity contribution >= 4 is 11.6 Å². The maximum atomic E-state index is 11.5. The molecular weight excluding hydrogens is 260 g/mol. The minimum absolute atomic E-state index is 0.118. The van der Waals surface area contributed by atoms with E-state index in [9.17, 15) is 4.79 Å². The number of nitrogens with one attached hydrogen (secondary N) is 2. The van der Waals surface area contributed by atoms with Crippen LogP contribution in [0.5, 0.6) is 0 Å². The quantitative estimate of drug-likeness (QED) is 0.827. The molecular formula is C18H26N2O. The van der Waals surface area contributed by atoms with Crippen LogP contribution in [-0.4, -0.2) is 13.0 Å². The fourth-order valence-electron chi connectivity index (χ4n) is 3.82. The number of benzene rings is 1. The molecule has 0 bridgehead atoms. The van der Waals surface area contributed by atoms with E-state index in [2.05, 4.69) is 35.9 Å². The third-order valence-electron chi connectivity index (χ3n) is 5.05. The van der Waals surface area contributed by atoms with Gasteiger partial charge in [0.05, 0.1) is 6.42 Å². The van der Waals surface area contributed by atoms with E-state index in [1.54, 1.807) is 0 Å². The SMILES string of the molecule is CNC(CC1CCCCCC1)c1ccc2c(c1)CC(=O)N2. The third kappa shape index (κ3) is 3.46. The number of hydrogen-bond acceptors (Lipinski definition) is 2. The average Bonchev–Trinajstić information content (AvgIpc) is 2.69. The van der Waals surface area contributed by atoms with Gasteiger partial charge in [0, 0.05) is 11.7 Å².